The van der Waals surface area contributed by atoms with Crippen LogP contribution >= 0.6 is 0 Å². The van der Waals surface area contributed by atoms with Crippen molar-refractivity contribution in [1.29, 1.82) is 0 Å². The average Bonchev–Trinajstić information content (AvgIpc) is 1.60. The fourth-order valence-corrected chi connectivity index (χ4v) is 26.8. The normalized spacial score (nSPS) is 13.3. The highest BCUT2D eigenvalue weighted by molar-refractivity contribution is 7.21. The highest BCUT2D eigenvalue weighted by atomic mass is 28.3. The average molecular weight is 1330 g/mol. The molecule has 1 aromatic heterocycles. The van der Waals surface area contributed by atoms with Gasteiger partial charge in [0.25, 0.3) is 6.71 Å². The Morgan fingerprint density at radius 2 is 0.530 bits per heavy atom. The maximum absolute atomic E-state index is 3.34. The predicted octanol–water partition coefficient (Wildman–Crippen LogP) is 16.8. The molecule has 3 heterocycles. The first-order valence-corrected chi connectivity index (χ1v) is 39.9. The molecule has 2 aliphatic rings. The van der Waals surface area contributed by atoms with E-state index in [9.17, 15) is 0 Å². The lowest BCUT2D eigenvalue weighted by Crippen LogP contribution is -2.75. The van der Waals surface area contributed by atoms with Crippen LogP contribution in [-0.4, -0.2) is 27.4 Å². The van der Waals surface area contributed by atoms with Gasteiger partial charge in [0.1, 0.15) is 0 Å². The third kappa shape index (κ3) is 10.4. The van der Waals surface area contributed by atoms with Gasteiger partial charge in [0.15, 0.2) is 16.1 Å². The second-order valence-electron chi connectivity index (χ2n) is 32.1. The minimum atomic E-state index is -3.34. The van der Waals surface area contributed by atoms with Crippen LogP contribution < -0.4 is 67.7 Å². The highest BCUT2D eigenvalue weighted by Crippen LogP contribution is 2.48. The van der Waals surface area contributed by atoms with E-state index >= 15 is 0 Å². The molecule has 490 valence electrons. The zero-order chi connectivity index (χ0) is 69.1. The minimum Gasteiger partial charge on any atom is -0.311 e. The standard InChI is InChI=1S/C94H88BN3Si2/c1-91(2,3)65-49-55-69(56-50-65)96-82-59-53-67(93(7,8)9)61-80(82)95-81-62-68(94(10,11)12)54-60-83(81)97(70-57-51-66(52-58-70)92(4,5)6)85-64-71(63-84(96)88(85)95)98-89-78(45-31-47-86(89)99(72-33-19-13-20-34-72,73-35-21-14-22-36-73)74-37-23-15-24-38-74)79-46-32-48-87(90(79)98)100(75-39-25-16-26-40-75,76-41-27-17-28-42-76)77-43-29-18-30-44-77/h13-64H,1-12H3. The zero-order valence-corrected chi connectivity index (χ0v) is 61.9. The number of hydrogen-bond donors (Lipinski definition) is 0. The molecule has 100 heavy (non-hydrogen) atoms. The lowest BCUT2D eigenvalue weighted by Gasteiger charge is -2.45. The second kappa shape index (κ2) is 24.3. The topological polar surface area (TPSA) is 11.4 Å². The van der Waals surface area contributed by atoms with Crippen molar-refractivity contribution in [3.05, 3.63) is 338 Å². The summed E-state index contributed by atoms with van der Waals surface area (Å²) < 4.78 is 2.81. The number of nitrogens with zero attached hydrogens (tertiary/aromatic N) is 3. The summed E-state index contributed by atoms with van der Waals surface area (Å²) in [5.41, 5.74) is 19.3. The SMILES string of the molecule is CC(C)(C)c1ccc(N2c3ccc(C(C)(C)C)cc3B3c4cc(C(C)(C)C)ccc4N(c4ccc(C(C)(C)C)cc4)c4cc(-n5c6c([Si](c7ccccc7)(c7ccccc7)c7ccccc7)cccc6c6cccc([Si](c7ccccc7)(c7ccccc7)c7ccccc7)c65)cc2c43)cc1. The minimum absolute atomic E-state index is 0.0524. The van der Waals surface area contributed by atoms with E-state index in [0.717, 1.165) is 17.1 Å². The molecule has 0 atom stereocenters. The molecule has 0 fully saturated rings. The molecule has 3 nitrogen and oxygen atoms in total. The number of aromatic nitrogens is 1. The van der Waals surface area contributed by atoms with E-state index in [1.165, 1.54) is 125 Å². The summed E-state index contributed by atoms with van der Waals surface area (Å²) in [5.74, 6) is 0. The fourth-order valence-electron chi connectivity index (χ4n) is 16.9. The monoisotopic (exact) mass is 1330 g/mol. The third-order valence-electron chi connectivity index (χ3n) is 21.9. The first-order valence-electron chi connectivity index (χ1n) is 35.9. The summed E-state index contributed by atoms with van der Waals surface area (Å²) in [6, 6.07) is 123. The molecular formula is C94H88BN3Si2. The quantitative estimate of drug-likeness (QED) is 0.0944. The fraction of sp³-hybridized carbons (Fsp3) is 0.170. The lowest BCUT2D eigenvalue weighted by molar-refractivity contribution is 0.590. The number of anilines is 6. The van der Waals surface area contributed by atoms with Crippen LogP contribution in [0.1, 0.15) is 105 Å². The number of fused-ring (bicyclic) bond motifs is 7. The Kier molecular flexibility index (Phi) is 15.7. The van der Waals surface area contributed by atoms with Gasteiger partial charge in [0, 0.05) is 44.9 Å². The molecule has 0 amide bonds. The molecule has 0 unspecified atom stereocenters. The van der Waals surface area contributed by atoms with Crippen molar-refractivity contribution < 1.29 is 0 Å². The van der Waals surface area contributed by atoms with Gasteiger partial charge in [0.05, 0.1) is 16.7 Å². The Morgan fingerprint density at radius 3 is 0.810 bits per heavy atom. The molecule has 2 aliphatic heterocycles. The van der Waals surface area contributed by atoms with Crippen LogP contribution in [0, 0.1) is 0 Å². The van der Waals surface area contributed by atoms with E-state index in [1.807, 2.05) is 0 Å². The smallest absolute Gasteiger partial charge is 0.252 e. The van der Waals surface area contributed by atoms with Crippen molar-refractivity contribution in [2.75, 3.05) is 9.80 Å². The van der Waals surface area contributed by atoms with Crippen molar-refractivity contribution in [3.8, 4) is 5.69 Å². The molecule has 0 N–H and O–H groups in total. The molecule has 13 aromatic carbocycles. The Balaban J connectivity index is 1.15. The highest BCUT2D eigenvalue weighted by Gasteiger charge is 2.49. The van der Waals surface area contributed by atoms with Crippen LogP contribution in [0.5, 0.6) is 0 Å². The van der Waals surface area contributed by atoms with Crippen molar-refractivity contribution in [1.82, 2.24) is 4.57 Å². The van der Waals surface area contributed by atoms with Crippen LogP contribution in [0.2, 0.25) is 0 Å². The Bertz CT molecular complexity index is 4850. The molecule has 0 aliphatic carbocycles. The van der Waals surface area contributed by atoms with Gasteiger partial charge >= 0.3 is 0 Å². The van der Waals surface area contributed by atoms with Crippen molar-refractivity contribution in [2.45, 2.75) is 105 Å². The number of benzene rings is 13. The summed E-state index contributed by atoms with van der Waals surface area (Å²) in [6.07, 6.45) is 0. The molecule has 0 radical (unpaired) electrons. The predicted molar refractivity (Wildman–Crippen MR) is 437 cm³/mol. The van der Waals surface area contributed by atoms with Gasteiger partial charge in [-0.1, -0.05) is 350 Å². The van der Waals surface area contributed by atoms with Gasteiger partial charge in [-0.15, -0.1) is 0 Å². The van der Waals surface area contributed by atoms with Gasteiger partial charge < -0.3 is 14.4 Å². The lowest BCUT2D eigenvalue weighted by atomic mass is 9.33. The number of para-hydroxylation sites is 2. The second-order valence-corrected chi connectivity index (χ2v) is 39.6. The van der Waals surface area contributed by atoms with E-state index < -0.39 is 16.1 Å². The van der Waals surface area contributed by atoms with Crippen LogP contribution in [-0.2, 0) is 21.7 Å². The third-order valence-corrected chi connectivity index (χ3v) is 31.5. The molecule has 0 bridgehead atoms. The number of hydrogen-bond acceptors (Lipinski definition) is 2. The summed E-state index contributed by atoms with van der Waals surface area (Å²) in [6.45, 7) is 28.0. The van der Waals surface area contributed by atoms with Gasteiger partial charge in [0.2, 0.25) is 0 Å². The van der Waals surface area contributed by atoms with Crippen molar-refractivity contribution in [2.24, 2.45) is 0 Å². The summed E-state index contributed by atoms with van der Waals surface area (Å²) in [7, 11) is -6.68. The summed E-state index contributed by atoms with van der Waals surface area (Å²) in [5, 5.41) is 13.1. The van der Waals surface area contributed by atoms with Crippen molar-refractivity contribution >= 4 is 137 Å². The Morgan fingerprint density at radius 1 is 0.250 bits per heavy atom. The zero-order valence-electron chi connectivity index (χ0n) is 59.9. The van der Waals surface area contributed by atoms with E-state index in [1.54, 1.807) is 0 Å². The molecule has 14 aromatic rings. The van der Waals surface area contributed by atoms with Crippen LogP contribution in [0.15, 0.2) is 315 Å². The summed E-state index contributed by atoms with van der Waals surface area (Å²) in [4.78, 5) is 5.30. The van der Waals surface area contributed by atoms with Gasteiger partial charge in [-0.05, 0) is 150 Å². The van der Waals surface area contributed by atoms with Crippen LogP contribution in [0.25, 0.3) is 27.5 Å². The van der Waals surface area contributed by atoms with Crippen LogP contribution in [0.3, 0.4) is 0 Å². The first kappa shape index (κ1) is 64.4. The molecule has 6 heteroatoms. The van der Waals surface area contributed by atoms with E-state index in [-0.39, 0.29) is 28.4 Å². The van der Waals surface area contributed by atoms with Gasteiger partial charge in [-0.3, -0.25) is 0 Å². The van der Waals surface area contributed by atoms with Crippen LogP contribution in [0.4, 0.5) is 34.1 Å². The number of rotatable bonds is 11. The van der Waals surface area contributed by atoms with E-state index in [0.29, 0.717) is 0 Å². The first-order chi connectivity index (χ1) is 48.2. The van der Waals surface area contributed by atoms with E-state index in [4.69, 9.17) is 0 Å². The largest absolute Gasteiger partial charge is 0.311 e. The molecule has 0 saturated heterocycles. The van der Waals surface area contributed by atoms with E-state index in [2.05, 4.69) is 413 Å². The molecule has 0 spiro atoms. The molecule has 0 saturated carbocycles. The Labute approximate surface area is 595 Å². The maximum Gasteiger partial charge on any atom is 0.252 e. The van der Waals surface area contributed by atoms with Gasteiger partial charge in [-0.2, -0.15) is 0 Å². The van der Waals surface area contributed by atoms with Gasteiger partial charge in [-0.25, -0.2) is 0 Å². The Hall–Kier alpha value is -10.2. The summed E-state index contributed by atoms with van der Waals surface area (Å²) >= 11 is 0. The molecular weight excluding hydrogens is 1240 g/mol. The van der Waals surface area contributed by atoms with Crippen molar-refractivity contribution in [3.63, 3.8) is 0 Å². The molecule has 16 rings (SSSR count). The maximum atomic E-state index is 2.81.